The molecule has 10 nitrogen and oxygen atoms in total. The van der Waals surface area contributed by atoms with Crippen molar-refractivity contribution < 1.29 is 29.0 Å². The van der Waals surface area contributed by atoms with E-state index in [1.54, 1.807) is 0 Å². The third-order valence-corrected chi connectivity index (χ3v) is 12.6. The van der Waals surface area contributed by atoms with Crippen LogP contribution >= 0.6 is 0 Å². The monoisotopic (exact) mass is 776 g/mol. The Bertz CT molecular complexity index is 2380. The van der Waals surface area contributed by atoms with Gasteiger partial charge in [-0.05, 0) is 105 Å². The summed E-state index contributed by atoms with van der Waals surface area (Å²) in [4.78, 5) is 51.9. The normalized spacial score (nSPS) is 22.9. The third-order valence-electron chi connectivity index (χ3n) is 12.6. The van der Waals surface area contributed by atoms with E-state index in [0.717, 1.165) is 80.8 Å². The number of fused-ring (bicyclic) bond motifs is 8. The molecule has 0 radical (unpaired) electrons. The molecule has 0 aromatic carbocycles. The van der Waals surface area contributed by atoms with Gasteiger partial charge in [0.05, 0.1) is 30.1 Å². The summed E-state index contributed by atoms with van der Waals surface area (Å²) in [6.07, 6.45) is 18.1. The predicted octanol–water partition coefficient (Wildman–Crippen LogP) is 6.04. The van der Waals surface area contributed by atoms with Crippen LogP contribution in [0.3, 0.4) is 0 Å². The Morgan fingerprint density at radius 2 is 1.75 bits per heavy atom. The molecule has 3 aromatic heterocycles. The van der Waals surface area contributed by atoms with E-state index in [9.17, 15) is 19.5 Å². The van der Waals surface area contributed by atoms with Gasteiger partial charge in [0.25, 0.3) is 0 Å². The molecule has 5 N–H and O–H groups in total. The molecule has 10 heteroatoms. The van der Waals surface area contributed by atoms with Crippen LogP contribution in [0.4, 0.5) is 0 Å². The zero-order valence-electron chi connectivity index (χ0n) is 34.9. The molecule has 304 valence electrons. The molecule has 1 fully saturated rings. The van der Waals surface area contributed by atoms with E-state index in [2.05, 4.69) is 60.6 Å². The topological polar surface area (TPSA) is 149 Å². The smallest absolute Gasteiger partial charge is 0.320 e. The van der Waals surface area contributed by atoms with Gasteiger partial charge in [-0.3, -0.25) is 14.4 Å². The molecule has 5 heterocycles. The highest BCUT2D eigenvalue weighted by atomic mass is 16.5. The summed E-state index contributed by atoms with van der Waals surface area (Å²) < 4.78 is 11.0. The van der Waals surface area contributed by atoms with Crippen molar-refractivity contribution in [1.82, 2.24) is 20.3 Å². The van der Waals surface area contributed by atoms with Crippen molar-refractivity contribution in [3.63, 3.8) is 0 Å². The molecule has 5 atom stereocenters. The van der Waals surface area contributed by atoms with E-state index in [0.29, 0.717) is 34.5 Å². The number of hydrogen-bond donors (Lipinski definition) is 5. The second kappa shape index (κ2) is 17.5. The highest BCUT2D eigenvalue weighted by molar-refractivity contribution is 6.19. The van der Waals surface area contributed by atoms with Crippen molar-refractivity contribution in [1.29, 1.82) is 0 Å². The minimum absolute atomic E-state index is 0.0849. The van der Waals surface area contributed by atoms with E-state index in [4.69, 9.17) is 9.47 Å². The van der Waals surface area contributed by atoms with Crippen LogP contribution in [-0.2, 0) is 25.5 Å². The van der Waals surface area contributed by atoms with E-state index in [-0.39, 0.29) is 36.6 Å². The van der Waals surface area contributed by atoms with Gasteiger partial charge in [0.2, 0.25) is 0 Å². The van der Waals surface area contributed by atoms with Gasteiger partial charge in [0, 0.05) is 56.8 Å². The summed E-state index contributed by atoms with van der Waals surface area (Å²) >= 11 is 0. The molecule has 2 aliphatic heterocycles. The number of aliphatic hydroxyl groups is 1. The second-order valence-corrected chi connectivity index (χ2v) is 16.2. The molecule has 3 aromatic rings. The molecular weight excluding hydrogens is 717 g/mol. The van der Waals surface area contributed by atoms with Crippen LogP contribution < -0.4 is 26.6 Å². The number of Topliss-reactive ketones (excluding diaryl/α,β-unsaturated/α-hetero) is 1. The number of esters is 2. The van der Waals surface area contributed by atoms with Gasteiger partial charge in [-0.2, -0.15) is 0 Å². The molecule has 0 saturated carbocycles. The average Bonchev–Trinajstić information content (AvgIpc) is 3.94. The Morgan fingerprint density at radius 3 is 2.44 bits per heavy atom. The first kappa shape index (κ1) is 41.4. The number of allylic oxidation sites excluding steroid dienone is 2. The number of nitrogens with one attached hydrogen (secondary N) is 4. The lowest BCUT2D eigenvalue weighted by Gasteiger charge is -2.25. The van der Waals surface area contributed by atoms with E-state index < -0.39 is 17.9 Å². The third kappa shape index (κ3) is 8.00. The fourth-order valence-electron chi connectivity index (χ4n) is 9.32. The second-order valence-electron chi connectivity index (χ2n) is 16.2. The number of methoxy groups -OCH3 is 1. The van der Waals surface area contributed by atoms with Crippen molar-refractivity contribution in [2.45, 2.75) is 106 Å². The lowest BCUT2D eigenvalue weighted by atomic mass is 9.80. The molecule has 57 heavy (non-hydrogen) atoms. The molecular formula is C47H60N4O6. The van der Waals surface area contributed by atoms with Crippen LogP contribution in [0.25, 0.3) is 36.1 Å². The maximum Gasteiger partial charge on any atom is 0.320 e. The zero-order valence-corrected chi connectivity index (χ0v) is 34.9. The SMILES string of the molecule is C=Cc1c2[nH]c(c1C)/C=C1\NC(C3=c4[nH]/c(c(C)c4C(=O)[C@@H]3C(=O)OC)=C\c3[nH]c(/c(=C\O)c3CC)=C\2)[C@@H](CCC(=O)OC/C=C(/C)CCC[C@H](C)CCC)[C@@H]1C. The van der Waals surface area contributed by atoms with Crippen LogP contribution in [0, 0.1) is 37.5 Å². The minimum Gasteiger partial charge on any atom is -0.515 e. The van der Waals surface area contributed by atoms with Crippen molar-refractivity contribution in [2.24, 2.45) is 23.7 Å². The number of ether oxygens (including phenoxy) is 2. The van der Waals surface area contributed by atoms with Gasteiger partial charge in [-0.25, -0.2) is 0 Å². The Balaban J connectivity index is 1.43. The quantitative estimate of drug-likeness (QED) is 0.0762. The molecule has 1 aliphatic carbocycles. The number of aliphatic hydroxyl groups excluding tert-OH is 1. The highest BCUT2D eigenvalue weighted by Crippen LogP contribution is 2.42. The summed E-state index contributed by atoms with van der Waals surface area (Å²) in [5.74, 6) is -1.88. The van der Waals surface area contributed by atoms with Crippen LogP contribution in [-0.4, -0.2) is 57.5 Å². The predicted molar refractivity (Wildman–Crippen MR) is 227 cm³/mol. The molecule has 0 spiro atoms. The zero-order chi connectivity index (χ0) is 41.1. The van der Waals surface area contributed by atoms with Gasteiger partial charge in [-0.1, -0.05) is 65.2 Å². The number of rotatable bonds is 14. The largest absolute Gasteiger partial charge is 0.515 e. The minimum atomic E-state index is -1.14. The molecule has 1 saturated heterocycles. The first-order chi connectivity index (χ1) is 27.4. The number of hydrogen-bond acceptors (Lipinski definition) is 7. The maximum absolute atomic E-state index is 14.4. The number of carbonyl (C=O) groups is 3. The van der Waals surface area contributed by atoms with Crippen LogP contribution in [0.15, 0.2) is 23.9 Å². The molecule has 8 bridgehead atoms. The summed E-state index contributed by atoms with van der Waals surface area (Å²) in [5.41, 5.74) is 9.29. The number of aromatic amines is 3. The lowest BCUT2D eigenvalue weighted by molar-refractivity contribution is -0.143. The fraction of sp³-hybridized carbons (Fsp3) is 0.468. The van der Waals surface area contributed by atoms with Gasteiger partial charge in [0.15, 0.2) is 5.78 Å². The summed E-state index contributed by atoms with van der Waals surface area (Å²) in [5, 5.41) is 16.9. The van der Waals surface area contributed by atoms with Crippen molar-refractivity contribution >= 4 is 53.9 Å². The number of H-pyrrole nitrogens is 3. The maximum atomic E-state index is 14.4. The molecule has 3 aliphatic rings. The number of ketones is 1. The number of carbonyl (C=O) groups excluding carboxylic acids is 3. The summed E-state index contributed by atoms with van der Waals surface area (Å²) in [6, 6.07) is -0.469. The van der Waals surface area contributed by atoms with E-state index in [1.165, 1.54) is 31.9 Å². The molecule has 6 rings (SSSR count). The van der Waals surface area contributed by atoms with Crippen LogP contribution in [0.2, 0.25) is 0 Å². The average molecular weight is 777 g/mol. The van der Waals surface area contributed by atoms with Crippen LogP contribution in [0.5, 0.6) is 0 Å². The Morgan fingerprint density at radius 1 is 1.00 bits per heavy atom. The van der Waals surface area contributed by atoms with Crippen molar-refractivity contribution in [3.05, 3.63) is 90.1 Å². The van der Waals surface area contributed by atoms with Crippen molar-refractivity contribution in [2.75, 3.05) is 13.7 Å². The first-order valence-corrected chi connectivity index (χ1v) is 20.6. The number of aromatic nitrogens is 3. The summed E-state index contributed by atoms with van der Waals surface area (Å²) in [6.45, 7) is 19.1. The van der Waals surface area contributed by atoms with Gasteiger partial charge < -0.3 is 34.8 Å². The summed E-state index contributed by atoms with van der Waals surface area (Å²) in [7, 11) is 1.31. The van der Waals surface area contributed by atoms with Gasteiger partial charge >= 0.3 is 11.9 Å². The Hall–Kier alpha value is -5.25. The highest BCUT2D eigenvalue weighted by Gasteiger charge is 2.49. The van der Waals surface area contributed by atoms with Crippen LogP contribution in [0.1, 0.15) is 129 Å². The first-order valence-electron chi connectivity index (χ1n) is 20.6. The Labute approximate surface area is 335 Å². The van der Waals surface area contributed by atoms with E-state index >= 15 is 0 Å². The molecule has 0 amide bonds. The fourth-order valence-corrected chi connectivity index (χ4v) is 9.32. The Kier molecular flexibility index (Phi) is 12.7. The molecule has 1 unspecified atom stereocenters. The van der Waals surface area contributed by atoms with E-state index in [1.807, 2.05) is 45.1 Å². The standard InChI is InChI=1S/C47H60N4O6/c1-10-14-25(4)15-13-16-26(5)19-20-57-40(53)18-17-32-28(7)35-21-34-27(6)30(11-2)37(48-34)23-39-33(24-52)31(12-3)38(49-39)22-36-29(8)41-45(51-36)42(44(32)50-35)43(46(41)54)47(55)56-9/h11,19,21-25,28,32,43-44,48-52H,2,10,12-18,20H2,1,3-9H3/b26-19-,33-24-,35-21-,36-22-,39-23-/t25-,28+,32+,43-,44?/m1/s1. The van der Waals surface area contributed by atoms with Gasteiger partial charge in [0.1, 0.15) is 12.5 Å². The van der Waals surface area contributed by atoms with Crippen molar-refractivity contribution in [3.8, 4) is 0 Å². The lowest BCUT2D eigenvalue weighted by Crippen LogP contribution is -2.38. The van der Waals surface area contributed by atoms with Gasteiger partial charge in [-0.15, -0.1) is 0 Å².